The first kappa shape index (κ1) is 16.3. The summed E-state index contributed by atoms with van der Waals surface area (Å²) < 4.78 is 0. The van der Waals surface area contributed by atoms with Gasteiger partial charge in [0.1, 0.15) is 5.82 Å². The SMILES string of the molecule is CC[C@@H]1CCN(c2ccc(C(=O)Nc3cc(C)ccc3N)cn2)C1. The highest BCUT2D eigenvalue weighted by atomic mass is 16.1. The molecule has 0 radical (unpaired) electrons. The van der Waals surface area contributed by atoms with Crippen LogP contribution >= 0.6 is 0 Å². The van der Waals surface area contributed by atoms with Crippen LogP contribution in [0.4, 0.5) is 17.2 Å². The molecule has 0 bridgehead atoms. The van der Waals surface area contributed by atoms with Gasteiger partial charge in [-0.3, -0.25) is 4.79 Å². The van der Waals surface area contributed by atoms with Gasteiger partial charge in [-0.15, -0.1) is 0 Å². The van der Waals surface area contributed by atoms with Crippen LogP contribution in [-0.4, -0.2) is 24.0 Å². The van der Waals surface area contributed by atoms with Crippen molar-refractivity contribution in [1.82, 2.24) is 4.98 Å². The molecule has 3 rings (SSSR count). The molecule has 5 nitrogen and oxygen atoms in total. The molecule has 2 heterocycles. The van der Waals surface area contributed by atoms with E-state index >= 15 is 0 Å². The van der Waals surface area contributed by atoms with Gasteiger partial charge in [0, 0.05) is 19.3 Å². The fourth-order valence-electron chi connectivity index (χ4n) is 3.05. The molecule has 0 saturated carbocycles. The first-order valence-corrected chi connectivity index (χ1v) is 8.45. The zero-order valence-electron chi connectivity index (χ0n) is 14.2. The molecular formula is C19H24N4O. The van der Waals surface area contributed by atoms with Gasteiger partial charge < -0.3 is 16.0 Å². The molecule has 126 valence electrons. The van der Waals surface area contributed by atoms with Gasteiger partial charge in [-0.2, -0.15) is 0 Å². The van der Waals surface area contributed by atoms with E-state index in [1.165, 1.54) is 12.8 Å². The van der Waals surface area contributed by atoms with Crippen molar-refractivity contribution in [2.24, 2.45) is 5.92 Å². The minimum Gasteiger partial charge on any atom is -0.397 e. The molecule has 1 atom stereocenters. The number of nitrogens with one attached hydrogen (secondary N) is 1. The summed E-state index contributed by atoms with van der Waals surface area (Å²) in [5, 5.41) is 2.85. The summed E-state index contributed by atoms with van der Waals surface area (Å²) in [7, 11) is 0. The van der Waals surface area contributed by atoms with Crippen LogP contribution in [0, 0.1) is 12.8 Å². The van der Waals surface area contributed by atoms with Crippen LogP contribution in [0.2, 0.25) is 0 Å². The summed E-state index contributed by atoms with van der Waals surface area (Å²) in [6.45, 7) is 6.28. The number of pyridine rings is 1. The van der Waals surface area contributed by atoms with Gasteiger partial charge in [-0.05, 0) is 49.1 Å². The smallest absolute Gasteiger partial charge is 0.257 e. The van der Waals surface area contributed by atoms with Crippen molar-refractivity contribution in [3.63, 3.8) is 0 Å². The topological polar surface area (TPSA) is 71.2 Å². The van der Waals surface area contributed by atoms with Crippen molar-refractivity contribution in [1.29, 1.82) is 0 Å². The Morgan fingerprint density at radius 3 is 2.88 bits per heavy atom. The second kappa shape index (κ2) is 6.91. The number of nitrogens with zero attached hydrogens (tertiary/aromatic N) is 2. The number of benzene rings is 1. The Labute approximate surface area is 142 Å². The second-order valence-corrected chi connectivity index (χ2v) is 6.46. The molecule has 1 saturated heterocycles. The molecule has 1 aromatic heterocycles. The minimum atomic E-state index is -0.195. The van der Waals surface area contributed by atoms with Gasteiger partial charge in [-0.1, -0.05) is 19.4 Å². The third kappa shape index (κ3) is 3.50. The number of anilines is 3. The highest BCUT2D eigenvalue weighted by Gasteiger charge is 2.22. The maximum Gasteiger partial charge on any atom is 0.257 e. The van der Waals surface area contributed by atoms with Crippen molar-refractivity contribution in [3.8, 4) is 0 Å². The summed E-state index contributed by atoms with van der Waals surface area (Å²) >= 11 is 0. The number of carbonyl (C=O) groups is 1. The first-order valence-electron chi connectivity index (χ1n) is 8.45. The lowest BCUT2D eigenvalue weighted by molar-refractivity contribution is 0.102. The summed E-state index contributed by atoms with van der Waals surface area (Å²) in [4.78, 5) is 19.1. The average molecular weight is 324 g/mol. The molecule has 1 aliphatic heterocycles. The third-order valence-corrected chi connectivity index (χ3v) is 4.65. The highest BCUT2D eigenvalue weighted by molar-refractivity contribution is 6.05. The van der Waals surface area contributed by atoms with Gasteiger partial charge >= 0.3 is 0 Å². The van der Waals surface area contributed by atoms with Crippen molar-refractivity contribution in [2.75, 3.05) is 29.0 Å². The number of aromatic nitrogens is 1. The van der Waals surface area contributed by atoms with E-state index < -0.39 is 0 Å². The predicted octanol–water partition coefficient (Wildman–Crippen LogP) is 3.46. The van der Waals surface area contributed by atoms with E-state index in [4.69, 9.17) is 5.73 Å². The van der Waals surface area contributed by atoms with Gasteiger partial charge in [0.2, 0.25) is 0 Å². The number of nitrogens with two attached hydrogens (primary N) is 1. The third-order valence-electron chi connectivity index (χ3n) is 4.65. The Morgan fingerprint density at radius 2 is 2.21 bits per heavy atom. The number of aryl methyl sites for hydroxylation is 1. The second-order valence-electron chi connectivity index (χ2n) is 6.46. The Balaban J connectivity index is 1.69. The van der Waals surface area contributed by atoms with E-state index in [0.717, 1.165) is 30.4 Å². The van der Waals surface area contributed by atoms with Crippen molar-refractivity contribution < 1.29 is 4.79 Å². The number of hydrogen-bond donors (Lipinski definition) is 2. The molecule has 0 unspecified atom stereocenters. The lowest BCUT2D eigenvalue weighted by Crippen LogP contribution is -2.21. The number of amides is 1. The molecule has 2 aromatic rings. The number of nitrogen functional groups attached to an aromatic ring is 1. The summed E-state index contributed by atoms with van der Waals surface area (Å²) in [5.41, 5.74) is 8.68. The van der Waals surface area contributed by atoms with E-state index in [1.807, 2.05) is 31.2 Å². The summed E-state index contributed by atoms with van der Waals surface area (Å²) in [6, 6.07) is 9.32. The van der Waals surface area contributed by atoms with Crippen LogP contribution in [0.15, 0.2) is 36.5 Å². The van der Waals surface area contributed by atoms with Gasteiger partial charge in [-0.25, -0.2) is 4.98 Å². The summed E-state index contributed by atoms with van der Waals surface area (Å²) in [6.07, 6.45) is 4.05. The molecule has 1 aliphatic rings. The molecule has 0 spiro atoms. The van der Waals surface area contributed by atoms with Crippen LogP contribution < -0.4 is 16.0 Å². The van der Waals surface area contributed by atoms with Crippen molar-refractivity contribution >= 4 is 23.1 Å². The van der Waals surface area contributed by atoms with Crippen LogP contribution in [0.3, 0.4) is 0 Å². The van der Waals surface area contributed by atoms with Gasteiger partial charge in [0.05, 0.1) is 16.9 Å². The van der Waals surface area contributed by atoms with Crippen molar-refractivity contribution in [2.45, 2.75) is 26.7 Å². The lowest BCUT2D eigenvalue weighted by Gasteiger charge is -2.17. The monoisotopic (exact) mass is 324 g/mol. The normalized spacial score (nSPS) is 17.1. The highest BCUT2D eigenvalue weighted by Crippen LogP contribution is 2.24. The van der Waals surface area contributed by atoms with E-state index in [2.05, 4.69) is 22.1 Å². The zero-order chi connectivity index (χ0) is 17.1. The van der Waals surface area contributed by atoms with Crippen LogP contribution in [-0.2, 0) is 0 Å². The lowest BCUT2D eigenvalue weighted by atomic mass is 10.1. The molecule has 1 amide bonds. The molecular weight excluding hydrogens is 300 g/mol. The van der Waals surface area contributed by atoms with Gasteiger partial charge in [0.15, 0.2) is 0 Å². The van der Waals surface area contributed by atoms with E-state index in [1.54, 1.807) is 12.3 Å². The van der Waals surface area contributed by atoms with Crippen LogP contribution in [0.5, 0.6) is 0 Å². The Hall–Kier alpha value is -2.56. The first-order chi connectivity index (χ1) is 11.6. The molecule has 1 fully saturated rings. The number of hydrogen-bond acceptors (Lipinski definition) is 4. The molecule has 1 aromatic carbocycles. The quantitative estimate of drug-likeness (QED) is 0.845. The van der Waals surface area contributed by atoms with E-state index in [0.29, 0.717) is 16.9 Å². The standard InChI is InChI=1S/C19H24N4O/c1-3-14-8-9-23(12-14)18-7-5-15(11-21-18)19(24)22-17-10-13(2)4-6-16(17)20/h4-7,10-11,14H,3,8-9,12,20H2,1-2H3,(H,22,24)/t14-/m1/s1. The average Bonchev–Trinajstić information content (AvgIpc) is 3.07. The maximum atomic E-state index is 12.4. The van der Waals surface area contributed by atoms with Crippen molar-refractivity contribution in [3.05, 3.63) is 47.7 Å². The maximum absolute atomic E-state index is 12.4. The fraction of sp³-hybridized carbons (Fsp3) is 0.368. The Morgan fingerprint density at radius 1 is 1.38 bits per heavy atom. The van der Waals surface area contributed by atoms with E-state index in [9.17, 15) is 4.79 Å². The molecule has 5 heteroatoms. The molecule has 24 heavy (non-hydrogen) atoms. The van der Waals surface area contributed by atoms with E-state index in [-0.39, 0.29) is 5.91 Å². The number of rotatable bonds is 4. The number of carbonyl (C=O) groups excluding carboxylic acids is 1. The van der Waals surface area contributed by atoms with Crippen LogP contribution in [0.25, 0.3) is 0 Å². The van der Waals surface area contributed by atoms with Gasteiger partial charge in [0.25, 0.3) is 5.91 Å². The Kier molecular flexibility index (Phi) is 4.69. The minimum absolute atomic E-state index is 0.195. The zero-order valence-corrected chi connectivity index (χ0v) is 14.2. The largest absolute Gasteiger partial charge is 0.397 e. The molecule has 3 N–H and O–H groups in total. The predicted molar refractivity (Wildman–Crippen MR) is 98.4 cm³/mol. The van der Waals surface area contributed by atoms with Crippen LogP contribution in [0.1, 0.15) is 35.7 Å². The fourth-order valence-corrected chi connectivity index (χ4v) is 3.05. The molecule has 0 aliphatic carbocycles. The Bertz CT molecular complexity index is 727. The summed E-state index contributed by atoms with van der Waals surface area (Å²) in [5.74, 6) is 1.50.